The first-order chi connectivity index (χ1) is 29.9. The average molecular weight is 944 g/mol. The lowest BCUT2D eigenvalue weighted by atomic mass is 9.73. The van der Waals surface area contributed by atoms with Gasteiger partial charge in [0.2, 0.25) is 0 Å². The Morgan fingerprint density at radius 1 is 0.585 bits per heavy atom. The summed E-state index contributed by atoms with van der Waals surface area (Å²) in [7, 11) is 1.35. The van der Waals surface area contributed by atoms with E-state index in [9.17, 15) is 14.7 Å². The first-order valence-corrected chi connectivity index (χ1v) is 25.9. The molecule has 0 aromatic rings. The van der Waals surface area contributed by atoms with Crippen molar-refractivity contribution in [2.75, 3.05) is 33.5 Å². The Kier molecular flexibility index (Phi) is 73.0. The van der Waals surface area contributed by atoms with Gasteiger partial charge in [0, 0.05) is 39.8 Å². The average Bonchev–Trinajstić information content (AvgIpc) is 3.23. The van der Waals surface area contributed by atoms with Crippen molar-refractivity contribution in [1.29, 1.82) is 0 Å². The number of ether oxygens (including phenoxy) is 2. The highest BCUT2D eigenvalue weighted by atomic mass is 16.5. The molecule has 402 valence electrons. The van der Waals surface area contributed by atoms with E-state index < -0.39 is 0 Å². The lowest BCUT2D eigenvalue weighted by Gasteiger charge is -2.34. The summed E-state index contributed by atoms with van der Waals surface area (Å²) in [5.41, 5.74) is 0.256. The summed E-state index contributed by atoms with van der Waals surface area (Å²) < 4.78 is 8.82. The molecule has 0 aromatic heterocycles. The predicted molar refractivity (Wildman–Crippen MR) is 282 cm³/mol. The van der Waals surface area contributed by atoms with Crippen molar-refractivity contribution < 1.29 is 49.7 Å². The van der Waals surface area contributed by atoms with Gasteiger partial charge in [-0.3, -0.25) is 9.59 Å². The monoisotopic (exact) mass is 943 g/mol. The number of carbonyl (C=O) groups excluding carboxylic acids is 2. The third-order valence-corrected chi connectivity index (χ3v) is 10.8. The smallest absolute Gasteiger partial charge is 0.302 e. The first-order valence-electron chi connectivity index (χ1n) is 25.9. The third kappa shape index (κ3) is 97.4. The van der Waals surface area contributed by atoms with Gasteiger partial charge in [0.25, 0.3) is 0 Å². The molecule has 65 heavy (non-hydrogen) atoms. The largest absolute Gasteiger partial charge is 0.469 e. The van der Waals surface area contributed by atoms with Gasteiger partial charge in [0.15, 0.2) is 0 Å². The van der Waals surface area contributed by atoms with Crippen molar-refractivity contribution in [2.45, 2.75) is 261 Å². The minimum absolute atomic E-state index is 0.0764. The molecule has 0 aliphatic heterocycles. The number of aliphatic hydroxyl groups excluding tert-OH is 6. The lowest BCUT2D eigenvalue weighted by molar-refractivity contribution is -0.141. The Balaban J connectivity index is -0.0000000942. The van der Waals surface area contributed by atoms with Crippen LogP contribution in [0.3, 0.4) is 0 Å². The van der Waals surface area contributed by atoms with E-state index in [4.69, 9.17) is 30.3 Å². The highest BCUT2D eigenvalue weighted by molar-refractivity contribution is 5.66. The number of rotatable bonds is 12. The number of carbonyl (C=O) groups is 2. The maximum atomic E-state index is 10.2. The molecule has 2 rings (SSSR count). The van der Waals surface area contributed by atoms with Gasteiger partial charge in [-0.25, -0.2) is 0 Å². The standard InChI is InChI=1S/2C9H18O.C7H14O2.C6H14.C5H12O.C5H12.2C4H10O.C3H6O2.C3H8O/c1-8-3-5-9(2,7-10)6-4-8;1-7-3-5-9(6-4-7)8(2)10;1-6(2)4-5-9-7(3)8;1-4-6(3)5-2;1-5(2)3-4-6;1-4-5(2)3;1-4(2)3-5;1-3-4(2)5;1-3(4)5-2;1-3(2)4/h8,10H,3-7H2,1-2H3;7-10H,3-6H2,1-2H3;6H,4-5H2,1-3H3;6H,4-5H2,1-3H3;5-6H,3-4H2,1-2H3;5H,4H2,1-3H3;2*4-5H,3H2,1-2H3;1-2H3;3-4H,1-2H3. The van der Waals surface area contributed by atoms with Gasteiger partial charge in [-0.1, -0.05) is 156 Å². The fourth-order valence-corrected chi connectivity index (χ4v) is 4.37. The molecule has 10 nitrogen and oxygen atoms in total. The second-order valence-electron chi connectivity index (χ2n) is 20.7. The van der Waals surface area contributed by atoms with E-state index in [1.807, 2.05) is 27.7 Å². The molecule has 0 heterocycles. The quantitative estimate of drug-likeness (QED) is 0.103. The molecule has 0 saturated heterocycles. The second kappa shape index (κ2) is 58.8. The summed E-state index contributed by atoms with van der Waals surface area (Å²) in [4.78, 5) is 19.8. The Hall–Kier alpha value is -1.30. The Morgan fingerprint density at radius 3 is 1.09 bits per heavy atom. The molecule has 0 bridgehead atoms. The summed E-state index contributed by atoms with van der Waals surface area (Å²) in [5, 5.41) is 51.1. The Bertz CT molecular complexity index is 848. The van der Waals surface area contributed by atoms with E-state index in [0.717, 1.165) is 42.9 Å². The fraction of sp³-hybridized carbons (Fsp3) is 0.964. The van der Waals surface area contributed by atoms with E-state index in [1.54, 1.807) is 20.8 Å². The van der Waals surface area contributed by atoms with Crippen molar-refractivity contribution in [3.8, 4) is 0 Å². The van der Waals surface area contributed by atoms with Gasteiger partial charge in [0.05, 0.1) is 25.9 Å². The zero-order chi connectivity index (χ0) is 53.1. The summed E-state index contributed by atoms with van der Waals surface area (Å²) in [5.74, 6) is 5.47. The molecular formula is C55H122O10. The molecule has 0 spiro atoms. The molecule has 0 radical (unpaired) electrons. The van der Waals surface area contributed by atoms with Gasteiger partial charge in [-0.2, -0.15) is 0 Å². The first kappa shape index (κ1) is 80.7. The summed E-state index contributed by atoms with van der Waals surface area (Å²) in [6.07, 6.45) is 16.5. The molecule has 2 saturated carbocycles. The van der Waals surface area contributed by atoms with Crippen LogP contribution in [-0.4, -0.2) is 94.4 Å². The van der Waals surface area contributed by atoms with Crippen molar-refractivity contribution >= 4 is 11.9 Å². The van der Waals surface area contributed by atoms with E-state index in [-0.39, 0.29) is 35.7 Å². The lowest BCUT2D eigenvalue weighted by Crippen LogP contribution is -2.26. The minimum atomic E-state index is -0.245. The maximum absolute atomic E-state index is 10.2. The molecule has 2 aliphatic carbocycles. The number of methoxy groups -OCH3 is 1. The van der Waals surface area contributed by atoms with Gasteiger partial charge in [-0.05, 0) is 125 Å². The molecule has 2 aliphatic rings. The van der Waals surface area contributed by atoms with Gasteiger partial charge >= 0.3 is 11.9 Å². The van der Waals surface area contributed by atoms with Crippen molar-refractivity contribution in [3.63, 3.8) is 0 Å². The predicted octanol–water partition coefficient (Wildman–Crippen LogP) is 13.5. The molecule has 2 atom stereocenters. The van der Waals surface area contributed by atoms with Crippen LogP contribution in [-0.2, 0) is 19.1 Å². The number of esters is 2. The van der Waals surface area contributed by atoms with E-state index in [1.165, 1.54) is 91.6 Å². The van der Waals surface area contributed by atoms with Crippen LogP contribution in [0.25, 0.3) is 0 Å². The van der Waals surface area contributed by atoms with E-state index in [0.29, 0.717) is 50.1 Å². The maximum Gasteiger partial charge on any atom is 0.302 e. The summed E-state index contributed by atoms with van der Waals surface area (Å²) in [6.45, 7) is 46.0. The zero-order valence-electron chi connectivity index (χ0n) is 47.9. The third-order valence-electron chi connectivity index (χ3n) is 10.8. The second-order valence-corrected chi connectivity index (χ2v) is 20.7. The molecule has 2 fully saturated rings. The SMILES string of the molecule is CC(=O)OCCC(C)C.CC(C)CCO.CC(C)CO.CC(C)O.CC1CCC(C(C)O)CC1.CC1CCC(C)(CO)CC1.CCC(C)C.CCC(C)CC.CCC(C)O.COC(C)=O. The minimum Gasteiger partial charge on any atom is -0.469 e. The summed E-state index contributed by atoms with van der Waals surface area (Å²) in [6, 6.07) is 0. The molecule has 2 unspecified atom stereocenters. The molecule has 0 aromatic carbocycles. The van der Waals surface area contributed by atoms with Gasteiger partial charge in [0.1, 0.15) is 0 Å². The highest BCUT2D eigenvalue weighted by Gasteiger charge is 2.28. The van der Waals surface area contributed by atoms with E-state index >= 15 is 0 Å². The van der Waals surface area contributed by atoms with E-state index in [2.05, 4.69) is 94.7 Å². The number of aliphatic hydroxyl groups is 6. The van der Waals surface area contributed by atoms with Crippen LogP contribution in [0.4, 0.5) is 0 Å². The topological polar surface area (TPSA) is 174 Å². The molecule has 6 N–H and O–H groups in total. The number of hydrogen-bond acceptors (Lipinski definition) is 10. The van der Waals surface area contributed by atoms with Crippen molar-refractivity contribution in [3.05, 3.63) is 0 Å². The Morgan fingerprint density at radius 2 is 0.923 bits per heavy atom. The fourth-order valence-electron chi connectivity index (χ4n) is 4.37. The van der Waals surface area contributed by atoms with Gasteiger partial charge < -0.3 is 40.1 Å². The van der Waals surface area contributed by atoms with Crippen LogP contribution < -0.4 is 0 Å². The number of hydrogen-bond donors (Lipinski definition) is 6. The van der Waals surface area contributed by atoms with Crippen LogP contribution >= 0.6 is 0 Å². The van der Waals surface area contributed by atoms with Gasteiger partial charge in [-0.15, -0.1) is 0 Å². The Labute approximate surface area is 407 Å². The van der Waals surface area contributed by atoms with Crippen LogP contribution in [0.2, 0.25) is 0 Å². The van der Waals surface area contributed by atoms with Crippen LogP contribution in [0, 0.1) is 52.8 Å². The summed E-state index contributed by atoms with van der Waals surface area (Å²) >= 11 is 0. The van der Waals surface area contributed by atoms with Crippen molar-refractivity contribution in [2.24, 2.45) is 52.8 Å². The zero-order valence-corrected chi connectivity index (χ0v) is 47.9. The van der Waals surface area contributed by atoms with Crippen LogP contribution in [0.15, 0.2) is 0 Å². The molecular weight excluding hydrogens is 821 g/mol. The van der Waals surface area contributed by atoms with Crippen LogP contribution in [0.1, 0.15) is 242 Å². The molecule has 10 heteroatoms. The normalized spacial score (nSPS) is 19.1. The van der Waals surface area contributed by atoms with Crippen molar-refractivity contribution in [1.82, 2.24) is 0 Å². The highest BCUT2D eigenvalue weighted by Crippen LogP contribution is 2.37. The molecule has 0 amide bonds. The van der Waals surface area contributed by atoms with Crippen LogP contribution in [0.5, 0.6) is 0 Å².